The molecule has 0 aliphatic carbocycles. The number of anilines is 1. The van der Waals surface area contributed by atoms with Crippen LogP contribution in [0, 0.1) is 5.82 Å². The lowest BCUT2D eigenvalue weighted by molar-refractivity contribution is -0.118. The van der Waals surface area contributed by atoms with Crippen LogP contribution in [0.3, 0.4) is 0 Å². The molecule has 4 rings (SSSR count). The molecule has 3 aromatic rings. The fraction of sp³-hybridized carbons (Fsp3) is 0.300. The van der Waals surface area contributed by atoms with Gasteiger partial charge in [0.25, 0.3) is 0 Å². The van der Waals surface area contributed by atoms with Gasteiger partial charge >= 0.3 is 0 Å². The average molecular weight is 472 g/mol. The number of hydrogen-bond donors (Lipinski definition) is 2. The third kappa shape index (κ3) is 6.02. The minimum Gasteiger partial charge on any atom is -0.314 e. The van der Waals surface area contributed by atoms with Gasteiger partial charge in [0.15, 0.2) is 0 Å². The molecule has 2 aromatic heterocycles. The minimum atomic E-state index is -0.259. The number of aromatic nitrogens is 2. The van der Waals surface area contributed by atoms with Gasteiger partial charge in [-0.25, -0.2) is 9.07 Å². The van der Waals surface area contributed by atoms with E-state index in [1.165, 1.54) is 10.9 Å². The van der Waals surface area contributed by atoms with Crippen molar-refractivity contribution in [3.63, 3.8) is 0 Å². The van der Waals surface area contributed by atoms with Gasteiger partial charge < -0.3 is 10.6 Å². The summed E-state index contributed by atoms with van der Waals surface area (Å²) in [5, 5.41) is 12.6. The van der Waals surface area contributed by atoms with Gasteiger partial charge in [-0.15, -0.1) is 36.2 Å². The molecule has 1 aromatic carbocycles. The lowest BCUT2D eigenvalue weighted by Gasteiger charge is -2.36. The highest BCUT2D eigenvalue weighted by Gasteiger charge is 2.26. The van der Waals surface area contributed by atoms with Crippen molar-refractivity contribution in [3.8, 4) is 0 Å². The first-order chi connectivity index (χ1) is 13.7. The monoisotopic (exact) mass is 471 g/mol. The molecule has 10 heteroatoms. The Morgan fingerprint density at radius 2 is 2.13 bits per heavy atom. The Hall–Kier alpha value is -1.97. The van der Waals surface area contributed by atoms with E-state index in [9.17, 15) is 9.18 Å². The fourth-order valence-corrected chi connectivity index (χ4v) is 4.15. The molecule has 1 fully saturated rings. The van der Waals surface area contributed by atoms with E-state index in [1.807, 2.05) is 23.6 Å². The van der Waals surface area contributed by atoms with Crippen LogP contribution >= 0.6 is 36.2 Å². The predicted molar refractivity (Wildman–Crippen MR) is 122 cm³/mol. The highest BCUT2D eigenvalue weighted by molar-refractivity contribution is 7.09. The van der Waals surface area contributed by atoms with E-state index in [2.05, 4.69) is 20.6 Å². The van der Waals surface area contributed by atoms with Crippen LogP contribution in [0.5, 0.6) is 0 Å². The summed E-state index contributed by atoms with van der Waals surface area (Å²) < 4.78 is 15.4. The number of carbonyl (C=O) groups is 1. The molecule has 1 unspecified atom stereocenters. The Kier molecular flexibility index (Phi) is 9.26. The summed E-state index contributed by atoms with van der Waals surface area (Å²) in [6, 6.07) is 12.4. The number of carbonyl (C=O) groups excluding carboxylic acids is 1. The first-order valence-electron chi connectivity index (χ1n) is 9.23. The minimum absolute atomic E-state index is 0. The molecule has 162 valence electrons. The molecule has 0 spiro atoms. The summed E-state index contributed by atoms with van der Waals surface area (Å²) in [6.07, 6.45) is 1.68. The third-order valence-corrected chi connectivity index (χ3v) is 5.67. The summed E-state index contributed by atoms with van der Waals surface area (Å²) in [5.41, 5.74) is 0.878. The van der Waals surface area contributed by atoms with Gasteiger partial charge in [-0.3, -0.25) is 9.69 Å². The van der Waals surface area contributed by atoms with Gasteiger partial charge in [0.1, 0.15) is 11.6 Å². The molecule has 6 nitrogen and oxygen atoms in total. The van der Waals surface area contributed by atoms with E-state index in [4.69, 9.17) is 0 Å². The topological polar surface area (TPSA) is 62.2 Å². The predicted octanol–water partition coefficient (Wildman–Crippen LogP) is 3.56. The zero-order chi connectivity index (χ0) is 19.3. The number of hydrogen-bond acceptors (Lipinski definition) is 5. The van der Waals surface area contributed by atoms with Gasteiger partial charge in [0, 0.05) is 36.6 Å². The number of piperazine rings is 1. The highest BCUT2D eigenvalue weighted by atomic mass is 35.5. The van der Waals surface area contributed by atoms with Crippen molar-refractivity contribution in [1.29, 1.82) is 0 Å². The van der Waals surface area contributed by atoms with Crippen LogP contribution in [-0.2, 0) is 11.3 Å². The normalized spacial score (nSPS) is 16.4. The van der Waals surface area contributed by atoms with Crippen LogP contribution in [-0.4, -0.2) is 46.8 Å². The van der Waals surface area contributed by atoms with E-state index in [-0.39, 0.29) is 49.1 Å². The van der Waals surface area contributed by atoms with Gasteiger partial charge in [-0.1, -0.05) is 18.2 Å². The Morgan fingerprint density at radius 1 is 1.27 bits per heavy atom. The smallest absolute Gasteiger partial charge is 0.239 e. The van der Waals surface area contributed by atoms with E-state index in [1.54, 1.807) is 40.4 Å². The van der Waals surface area contributed by atoms with Crippen LogP contribution in [0.15, 0.2) is 54.0 Å². The maximum atomic E-state index is 13.6. The summed E-state index contributed by atoms with van der Waals surface area (Å²) >= 11 is 1.66. The maximum Gasteiger partial charge on any atom is 0.239 e. The highest BCUT2D eigenvalue weighted by Crippen LogP contribution is 2.23. The average Bonchev–Trinajstić information content (AvgIpc) is 3.35. The Bertz CT molecular complexity index is 937. The van der Waals surface area contributed by atoms with Gasteiger partial charge in [0.2, 0.25) is 5.91 Å². The molecule has 0 bridgehead atoms. The van der Waals surface area contributed by atoms with Gasteiger partial charge in [-0.2, -0.15) is 5.10 Å². The van der Waals surface area contributed by atoms with Gasteiger partial charge in [0.05, 0.1) is 19.3 Å². The summed E-state index contributed by atoms with van der Waals surface area (Å²) in [7, 11) is 0. The number of halogens is 3. The fourth-order valence-electron chi connectivity index (χ4n) is 3.46. The number of thiophene rings is 1. The molecule has 30 heavy (non-hydrogen) atoms. The van der Waals surface area contributed by atoms with Crippen molar-refractivity contribution in [2.75, 3.05) is 31.5 Å². The van der Waals surface area contributed by atoms with E-state index in [0.717, 1.165) is 18.7 Å². The molecular weight excluding hydrogens is 448 g/mol. The van der Waals surface area contributed by atoms with Crippen molar-refractivity contribution in [3.05, 3.63) is 70.3 Å². The number of rotatable bonds is 6. The van der Waals surface area contributed by atoms with Crippen LogP contribution in [0.25, 0.3) is 0 Å². The standard InChI is InChI=1S/C20H22FN5OS.2ClH/c21-16-4-1-3-15(11-16)18-12-22-8-9-25(18)14-20(27)24-19-6-7-23-26(19)13-17-5-2-10-28-17;;/h1-7,10-11,18,22H,8-9,12-14H2,(H,24,27);2*1H. The van der Waals surface area contributed by atoms with Crippen molar-refractivity contribution in [2.45, 2.75) is 12.6 Å². The van der Waals surface area contributed by atoms with Crippen LogP contribution in [0.2, 0.25) is 0 Å². The van der Waals surface area contributed by atoms with Crippen molar-refractivity contribution < 1.29 is 9.18 Å². The van der Waals surface area contributed by atoms with E-state index < -0.39 is 0 Å². The quantitative estimate of drug-likeness (QED) is 0.576. The number of benzene rings is 1. The molecule has 1 aliphatic rings. The number of nitrogens with one attached hydrogen (secondary N) is 2. The second-order valence-corrected chi connectivity index (χ2v) is 7.78. The summed E-state index contributed by atoms with van der Waals surface area (Å²) in [5.74, 6) is 0.317. The third-order valence-electron chi connectivity index (χ3n) is 4.80. The first kappa shape index (κ1) is 24.3. The first-order valence-corrected chi connectivity index (χ1v) is 10.1. The summed E-state index contributed by atoms with van der Waals surface area (Å²) in [6.45, 7) is 3.08. The van der Waals surface area contributed by atoms with Crippen LogP contribution < -0.4 is 10.6 Å². The Labute approximate surface area is 191 Å². The summed E-state index contributed by atoms with van der Waals surface area (Å²) in [4.78, 5) is 15.9. The SMILES string of the molecule is Cl.Cl.O=C(CN1CCNCC1c1cccc(F)c1)Nc1ccnn1Cc1cccs1. The van der Waals surface area contributed by atoms with E-state index in [0.29, 0.717) is 18.9 Å². The largest absolute Gasteiger partial charge is 0.314 e. The molecule has 1 amide bonds. The maximum absolute atomic E-state index is 13.6. The lowest BCUT2D eigenvalue weighted by Crippen LogP contribution is -2.48. The molecule has 1 atom stereocenters. The second kappa shape index (κ2) is 11.4. The molecule has 1 aliphatic heterocycles. The number of nitrogens with zero attached hydrogens (tertiary/aromatic N) is 3. The Morgan fingerprint density at radius 3 is 2.90 bits per heavy atom. The zero-order valence-electron chi connectivity index (χ0n) is 16.2. The molecule has 0 saturated carbocycles. The van der Waals surface area contributed by atoms with Crippen LogP contribution in [0.1, 0.15) is 16.5 Å². The molecule has 2 N–H and O–H groups in total. The lowest BCUT2D eigenvalue weighted by atomic mass is 10.0. The molecule has 3 heterocycles. The molecule has 1 saturated heterocycles. The molecule has 0 radical (unpaired) electrons. The Balaban J connectivity index is 0.00000160. The van der Waals surface area contributed by atoms with E-state index >= 15 is 0 Å². The van der Waals surface area contributed by atoms with Crippen molar-refractivity contribution in [2.24, 2.45) is 0 Å². The number of amides is 1. The molecular formula is C20H24Cl2FN5OS. The van der Waals surface area contributed by atoms with Crippen LogP contribution in [0.4, 0.5) is 10.2 Å². The van der Waals surface area contributed by atoms with Crippen molar-refractivity contribution in [1.82, 2.24) is 20.0 Å². The second-order valence-electron chi connectivity index (χ2n) is 6.75. The van der Waals surface area contributed by atoms with Gasteiger partial charge in [-0.05, 0) is 29.1 Å². The van der Waals surface area contributed by atoms with Crippen molar-refractivity contribution >= 4 is 47.9 Å². The zero-order valence-corrected chi connectivity index (χ0v) is 18.6.